The minimum Gasteiger partial charge on any atom is -0.504 e. The van der Waals surface area contributed by atoms with E-state index in [2.05, 4.69) is 24.1 Å². The molecule has 122 valence electrons. The molecule has 0 bridgehead atoms. The molecule has 0 atom stereocenters. The molecule has 2 aromatic rings. The molecule has 0 aliphatic carbocycles. The Bertz CT molecular complexity index is 712. The van der Waals surface area contributed by atoms with E-state index < -0.39 is 0 Å². The average Bonchev–Trinajstić information content (AvgIpc) is 2.64. The molecule has 4 nitrogen and oxygen atoms in total. The molecular weight excluding hydrogens is 290 g/mol. The van der Waals surface area contributed by atoms with Gasteiger partial charge in [0.2, 0.25) is 0 Å². The van der Waals surface area contributed by atoms with Crippen molar-refractivity contribution in [2.75, 3.05) is 34.4 Å². The Hall–Kier alpha value is -2.20. The molecule has 0 radical (unpaired) electrons. The number of phenolic OH excluding ortho intramolecular Hbond substituents is 1. The maximum absolute atomic E-state index is 10.7. The summed E-state index contributed by atoms with van der Waals surface area (Å²) in [6.07, 6.45) is 1.81. The van der Waals surface area contributed by atoms with Gasteiger partial charge < -0.3 is 19.5 Å². The van der Waals surface area contributed by atoms with Crippen molar-refractivity contribution in [3.8, 4) is 28.4 Å². The largest absolute Gasteiger partial charge is 0.504 e. The van der Waals surface area contributed by atoms with E-state index >= 15 is 0 Å². The second kappa shape index (κ2) is 6.50. The van der Waals surface area contributed by atoms with Crippen molar-refractivity contribution in [2.45, 2.75) is 12.8 Å². The molecule has 1 aliphatic heterocycles. The SMILES string of the molecule is COc1ccc2c(c1)CCN(C)CCc1ccc(OC)c(O)c1-2. The van der Waals surface area contributed by atoms with Crippen LogP contribution in [0.3, 0.4) is 0 Å². The Labute approximate surface area is 137 Å². The van der Waals surface area contributed by atoms with Crippen LogP contribution in [0.5, 0.6) is 17.2 Å². The Morgan fingerprint density at radius 1 is 0.957 bits per heavy atom. The lowest BCUT2D eigenvalue weighted by Gasteiger charge is -2.17. The van der Waals surface area contributed by atoms with E-state index in [4.69, 9.17) is 9.47 Å². The van der Waals surface area contributed by atoms with E-state index in [1.807, 2.05) is 18.2 Å². The smallest absolute Gasteiger partial charge is 0.165 e. The zero-order valence-corrected chi connectivity index (χ0v) is 13.9. The van der Waals surface area contributed by atoms with Crippen molar-refractivity contribution in [1.82, 2.24) is 4.90 Å². The zero-order chi connectivity index (χ0) is 16.4. The van der Waals surface area contributed by atoms with Crippen molar-refractivity contribution in [3.05, 3.63) is 41.5 Å². The van der Waals surface area contributed by atoms with Gasteiger partial charge in [0.1, 0.15) is 5.75 Å². The average molecular weight is 313 g/mol. The van der Waals surface area contributed by atoms with Gasteiger partial charge in [0.25, 0.3) is 0 Å². The molecule has 1 aliphatic rings. The van der Waals surface area contributed by atoms with Crippen LogP contribution in [0.15, 0.2) is 30.3 Å². The molecule has 0 fully saturated rings. The number of ether oxygens (including phenoxy) is 2. The van der Waals surface area contributed by atoms with Crippen LogP contribution in [-0.4, -0.2) is 44.4 Å². The number of nitrogens with zero attached hydrogens (tertiary/aromatic N) is 1. The standard InChI is InChI=1S/C19H23NO3/c1-20-10-8-13-4-7-17(23-3)19(21)18(13)16-6-5-15(22-2)12-14(16)9-11-20/h4-7,12,21H,8-11H2,1-3H3. The number of rotatable bonds is 2. The fourth-order valence-electron chi connectivity index (χ4n) is 3.17. The topological polar surface area (TPSA) is 41.9 Å². The van der Waals surface area contributed by atoms with Gasteiger partial charge in [0.15, 0.2) is 11.5 Å². The highest BCUT2D eigenvalue weighted by Crippen LogP contribution is 2.42. The molecule has 3 rings (SSSR count). The van der Waals surface area contributed by atoms with E-state index in [0.29, 0.717) is 5.75 Å². The van der Waals surface area contributed by atoms with Gasteiger partial charge in [-0.2, -0.15) is 0 Å². The van der Waals surface area contributed by atoms with Crippen LogP contribution in [0.2, 0.25) is 0 Å². The number of likely N-dealkylation sites (N-methyl/N-ethyl adjacent to an activating group) is 1. The summed E-state index contributed by atoms with van der Waals surface area (Å²) < 4.78 is 10.7. The highest BCUT2D eigenvalue weighted by molar-refractivity contribution is 5.79. The number of methoxy groups -OCH3 is 2. The lowest BCUT2D eigenvalue weighted by Crippen LogP contribution is -2.23. The van der Waals surface area contributed by atoms with Gasteiger partial charge in [-0.3, -0.25) is 0 Å². The van der Waals surface area contributed by atoms with Gasteiger partial charge in [0, 0.05) is 18.7 Å². The van der Waals surface area contributed by atoms with Crippen molar-refractivity contribution < 1.29 is 14.6 Å². The summed E-state index contributed by atoms with van der Waals surface area (Å²) in [7, 11) is 5.39. The first-order valence-corrected chi connectivity index (χ1v) is 7.88. The van der Waals surface area contributed by atoms with E-state index in [1.165, 1.54) is 5.56 Å². The quantitative estimate of drug-likeness (QED) is 0.925. The third-order valence-electron chi connectivity index (χ3n) is 4.55. The number of hydrogen-bond donors (Lipinski definition) is 1. The third kappa shape index (κ3) is 2.99. The van der Waals surface area contributed by atoms with Gasteiger partial charge in [-0.15, -0.1) is 0 Å². The maximum atomic E-state index is 10.7. The van der Waals surface area contributed by atoms with Crippen molar-refractivity contribution >= 4 is 0 Å². The Morgan fingerprint density at radius 3 is 2.39 bits per heavy atom. The molecule has 4 heteroatoms. The molecule has 23 heavy (non-hydrogen) atoms. The first-order chi connectivity index (χ1) is 11.1. The first kappa shape index (κ1) is 15.7. The van der Waals surface area contributed by atoms with E-state index in [1.54, 1.807) is 14.2 Å². The fourth-order valence-corrected chi connectivity index (χ4v) is 3.17. The van der Waals surface area contributed by atoms with Crippen LogP contribution in [0.1, 0.15) is 11.1 Å². The Balaban J connectivity index is 2.24. The second-order valence-corrected chi connectivity index (χ2v) is 5.98. The van der Waals surface area contributed by atoms with E-state index in [0.717, 1.165) is 48.4 Å². The van der Waals surface area contributed by atoms with E-state index in [-0.39, 0.29) is 5.75 Å². The molecule has 1 heterocycles. The summed E-state index contributed by atoms with van der Waals surface area (Å²) in [5, 5.41) is 10.7. The van der Waals surface area contributed by atoms with Crippen molar-refractivity contribution in [1.29, 1.82) is 0 Å². The molecule has 1 N–H and O–H groups in total. The van der Waals surface area contributed by atoms with Crippen LogP contribution >= 0.6 is 0 Å². The predicted octanol–water partition coefficient (Wildman–Crippen LogP) is 3.11. The van der Waals surface area contributed by atoms with Gasteiger partial charge >= 0.3 is 0 Å². The molecule has 0 spiro atoms. The predicted molar refractivity (Wildman–Crippen MR) is 91.6 cm³/mol. The van der Waals surface area contributed by atoms with Crippen molar-refractivity contribution in [3.63, 3.8) is 0 Å². The molecule has 0 unspecified atom stereocenters. The maximum Gasteiger partial charge on any atom is 0.165 e. The summed E-state index contributed by atoms with van der Waals surface area (Å²) in [5.41, 5.74) is 4.27. The van der Waals surface area contributed by atoms with Gasteiger partial charge in [-0.05, 0) is 54.8 Å². The van der Waals surface area contributed by atoms with Crippen molar-refractivity contribution in [2.24, 2.45) is 0 Å². The van der Waals surface area contributed by atoms with Crippen LogP contribution in [-0.2, 0) is 12.8 Å². The summed E-state index contributed by atoms with van der Waals surface area (Å²) >= 11 is 0. The lowest BCUT2D eigenvalue weighted by atomic mass is 9.92. The molecular formula is C19H23NO3. The monoisotopic (exact) mass is 313 g/mol. The minimum absolute atomic E-state index is 0.223. The zero-order valence-electron chi connectivity index (χ0n) is 13.9. The van der Waals surface area contributed by atoms with Crippen LogP contribution < -0.4 is 9.47 Å². The van der Waals surface area contributed by atoms with Gasteiger partial charge in [0.05, 0.1) is 14.2 Å². The van der Waals surface area contributed by atoms with Crippen LogP contribution in [0.4, 0.5) is 0 Å². The lowest BCUT2D eigenvalue weighted by molar-refractivity contribution is 0.343. The third-order valence-corrected chi connectivity index (χ3v) is 4.55. The molecule has 0 saturated heterocycles. The number of phenols is 1. The second-order valence-electron chi connectivity index (χ2n) is 5.98. The first-order valence-electron chi connectivity index (χ1n) is 7.88. The number of fused-ring (bicyclic) bond motifs is 3. The molecule has 0 amide bonds. The Morgan fingerprint density at radius 2 is 1.70 bits per heavy atom. The number of benzene rings is 2. The van der Waals surface area contributed by atoms with Gasteiger partial charge in [-0.1, -0.05) is 12.1 Å². The van der Waals surface area contributed by atoms with Crippen LogP contribution in [0, 0.1) is 0 Å². The van der Waals surface area contributed by atoms with E-state index in [9.17, 15) is 5.11 Å². The number of aromatic hydroxyl groups is 1. The van der Waals surface area contributed by atoms with Gasteiger partial charge in [-0.25, -0.2) is 0 Å². The summed E-state index contributed by atoms with van der Waals surface area (Å²) in [4.78, 5) is 2.32. The van der Waals surface area contributed by atoms with Crippen LogP contribution in [0.25, 0.3) is 11.1 Å². The normalized spacial score (nSPS) is 14.9. The highest BCUT2D eigenvalue weighted by atomic mass is 16.5. The molecule has 0 aromatic heterocycles. The Kier molecular flexibility index (Phi) is 4.44. The number of hydrogen-bond acceptors (Lipinski definition) is 4. The summed E-state index contributed by atoms with van der Waals surface area (Å²) in [6.45, 7) is 1.94. The summed E-state index contributed by atoms with van der Waals surface area (Å²) in [5.74, 6) is 1.58. The molecule has 2 aromatic carbocycles. The summed E-state index contributed by atoms with van der Waals surface area (Å²) in [6, 6.07) is 9.95. The fraction of sp³-hybridized carbons (Fsp3) is 0.368. The highest BCUT2D eigenvalue weighted by Gasteiger charge is 2.20. The minimum atomic E-state index is 0.223. The molecule has 0 saturated carbocycles.